The maximum atomic E-state index is 5.79. The van der Waals surface area contributed by atoms with Crippen LogP contribution in [0.1, 0.15) is 42.8 Å². The molecule has 0 saturated carbocycles. The zero-order valence-corrected chi connectivity index (χ0v) is 15.0. The number of hydrogen-bond donors (Lipinski definition) is 1. The molecule has 1 aliphatic heterocycles. The van der Waals surface area contributed by atoms with Crippen LogP contribution in [-0.4, -0.2) is 13.2 Å². The monoisotopic (exact) mass is 365 g/mol. The van der Waals surface area contributed by atoms with E-state index in [1.807, 2.05) is 0 Å². The van der Waals surface area contributed by atoms with Crippen LogP contribution in [0.4, 0.5) is 0 Å². The summed E-state index contributed by atoms with van der Waals surface area (Å²) in [7, 11) is 0. The fourth-order valence-corrected chi connectivity index (χ4v) is 4.32. The molecule has 0 fully saturated rings. The second-order valence-electron chi connectivity index (χ2n) is 6.06. The highest BCUT2D eigenvalue weighted by atomic mass is 79.9. The van der Waals surface area contributed by atoms with Gasteiger partial charge in [-0.25, -0.2) is 0 Å². The van der Waals surface area contributed by atoms with Crippen LogP contribution in [0.5, 0.6) is 5.75 Å². The molecule has 21 heavy (non-hydrogen) atoms. The molecule has 1 aromatic heterocycles. The number of halogens is 1. The topological polar surface area (TPSA) is 21.3 Å². The van der Waals surface area contributed by atoms with Crippen molar-refractivity contribution in [2.45, 2.75) is 32.2 Å². The van der Waals surface area contributed by atoms with Gasteiger partial charge in [0.2, 0.25) is 0 Å². The summed E-state index contributed by atoms with van der Waals surface area (Å²) >= 11 is 5.35. The third-order valence-electron chi connectivity index (χ3n) is 3.94. The smallest absolute Gasteiger partial charge is 0.123 e. The molecule has 112 valence electrons. The Hall–Kier alpha value is -0.840. The molecule has 0 amide bonds. The number of nitrogens with one attached hydrogen (secondary N) is 1. The van der Waals surface area contributed by atoms with Gasteiger partial charge in [-0.2, -0.15) is 0 Å². The molecule has 2 nitrogen and oxygen atoms in total. The number of rotatable bonds is 4. The lowest BCUT2D eigenvalue weighted by Crippen LogP contribution is -2.22. The van der Waals surface area contributed by atoms with Gasteiger partial charge in [0.25, 0.3) is 0 Å². The number of thiophene rings is 1. The molecule has 1 atom stereocenters. The van der Waals surface area contributed by atoms with Gasteiger partial charge in [0.05, 0.1) is 16.4 Å². The van der Waals surface area contributed by atoms with Gasteiger partial charge in [-0.05, 0) is 52.3 Å². The van der Waals surface area contributed by atoms with Crippen molar-refractivity contribution < 1.29 is 4.74 Å². The van der Waals surface area contributed by atoms with E-state index in [4.69, 9.17) is 4.74 Å². The van der Waals surface area contributed by atoms with E-state index in [-0.39, 0.29) is 11.5 Å². The minimum atomic E-state index is 0.0954. The van der Waals surface area contributed by atoms with Gasteiger partial charge in [-0.15, -0.1) is 11.3 Å². The van der Waals surface area contributed by atoms with Crippen LogP contribution >= 0.6 is 27.3 Å². The van der Waals surface area contributed by atoms with Crippen LogP contribution in [-0.2, 0) is 5.41 Å². The lowest BCUT2D eigenvalue weighted by Gasteiger charge is -2.20. The summed E-state index contributed by atoms with van der Waals surface area (Å²) in [4.78, 5) is 1.33. The van der Waals surface area contributed by atoms with Gasteiger partial charge in [0.1, 0.15) is 5.75 Å². The highest BCUT2D eigenvalue weighted by Crippen LogP contribution is 2.41. The summed E-state index contributed by atoms with van der Waals surface area (Å²) in [6.45, 7) is 8.34. The predicted molar refractivity (Wildman–Crippen MR) is 92.5 cm³/mol. The molecule has 3 rings (SSSR count). The van der Waals surface area contributed by atoms with Crippen molar-refractivity contribution in [3.63, 3.8) is 0 Å². The zero-order chi connectivity index (χ0) is 15.0. The molecule has 4 heteroatoms. The molecule has 0 bridgehead atoms. The van der Waals surface area contributed by atoms with E-state index in [1.54, 1.807) is 11.3 Å². The SMILES string of the molecule is CCNC(c1ccc2c(c1)C(C)(C)CO2)c1ccc(Br)s1. The first kappa shape index (κ1) is 15.1. The molecular weight excluding hydrogens is 346 g/mol. The van der Waals surface area contributed by atoms with E-state index in [2.05, 4.69) is 72.3 Å². The van der Waals surface area contributed by atoms with Crippen LogP contribution in [0.3, 0.4) is 0 Å². The molecule has 0 saturated heterocycles. The first-order chi connectivity index (χ1) is 10.0. The number of fused-ring (bicyclic) bond motifs is 1. The maximum Gasteiger partial charge on any atom is 0.123 e. The normalized spacial score (nSPS) is 17.3. The van der Waals surface area contributed by atoms with Crippen LogP contribution in [0, 0.1) is 0 Å². The fourth-order valence-electron chi connectivity index (χ4n) is 2.79. The minimum absolute atomic E-state index is 0.0954. The van der Waals surface area contributed by atoms with Crippen molar-refractivity contribution >= 4 is 27.3 Å². The molecule has 2 aromatic rings. The Kier molecular flexibility index (Phi) is 4.12. The van der Waals surface area contributed by atoms with Gasteiger partial charge < -0.3 is 10.1 Å². The summed E-state index contributed by atoms with van der Waals surface area (Å²) in [6, 6.07) is 11.2. The Morgan fingerprint density at radius 2 is 2.14 bits per heavy atom. The quantitative estimate of drug-likeness (QED) is 0.833. The highest BCUT2D eigenvalue weighted by molar-refractivity contribution is 9.11. The van der Waals surface area contributed by atoms with Gasteiger partial charge in [-0.1, -0.05) is 26.8 Å². The maximum absolute atomic E-state index is 5.79. The summed E-state index contributed by atoms with van der Waals surface area (Å²) in [5, 5.41) is 3.60. The number of hydrogen-bond acceptors (Lipinski definition) is 3. The molecule has 0 radical (unpaired) electrons. The molecule has 2 heterocycles. The van der Waals surface area contributed by atoms with Crippen molar-refractivity contribution in [2.24, 2.45) is 0 Å². The highest BCUT2D eigenvalue weighted by Gasteiger charge is 2.32. The average Bonchev–Trinajstić information content (AvgIpc) is 3.00. The van der Waals surface area contributed by atoms with E-state index < -0.39 is 0 Å². The molecule has 0 aliphatic carbocycles. The third-order valence-corrected chi connectivity index (χ3v) is 5.63. The molecule has 1 N–H and O–H groups in total. The Balaban J connectivity index is 2.01. The molecular formula is C17H20BrNOS. The Bertz CT molecular complexity index is 650. The zero-order valence-electron chi connectivity index (χ0n) is 12.6. The first-order valence-electron chi connectivity index (χ1n) is 7.27. The summed E-state index contributed by atoms with van der Waals surface area (Å²) in [5.74, 6) is 1.03. The van der Waals surface area contributed by atoms with Crippen LogP contribution in [0.15, 0.2) is 34.1 Å². The van der Waals surface area contributed by atoms with Gasteiger partial charge in [-0.3, -0.25) is 0 Å². The van der Waals surface area contributed by atoms with Gasteiger partial charge in [0, 0.05) is 15.9 Å². The summed E-state index contributed by atoms with van der Waals surface area (Å²) < 4.78 is 6.96. The molecule has 1 unspecified atom stereocenters. The van der Waals surface area contributed by atoms with E-state index >= 15 is 0 Å². The Morgan fingerprint density at radius 1 is 1.33 bits per heavy atom. The standard InChI is InChI=1S/C17H20BrNOS/c1-4-19-16(14-7-8-15(18)21-14)11-5-6-13-12(9-11)17(2,3)10-20-13/h5-9,16,19H,4,10H2,1-3H3. The lowest BCUT2D eigenvalue weighted by atomic mass is 9.85. The molecule has 1 aliphatic rings. The van der Waals surface area contributed by atoms with Crippen molar-refractivity contribution in [3.8, 4) is 5.75 Å². The van der Waals surface area contributed by atoms with E-state index in [1.165, 1.54) is 19.8 Å². The van der Waals surface area contributed by atoms with E-state index in [0.717, 1.165) is 18.9 Å². The first-order valence-corrected chi connectivity index (χ1v) is 8.88. The lowest BCUT2D eigenvalue weighted by molar-refractivity contribution is 0.291. The van der Waals surface area contributed by atoms with Crippen LogP contribution in [0.25, 0.3) is 0 Å². The average molecular weight is 366 g/mol. The third kappa shape index (κ3) is 2.89. The predicted octanol–water partition coefficient (Wildman–Crippen LogP) is 4.88. The van der Waals surface area contributed by atoms with Gasteiger partial charge in [0.15, 0.2) is 0 Å². The van der Waals surface area contributed by atoms with Crippen molar-refractivity contribution in [1.29, 1.82) is 0 Å². The minimum Gasteiger partial charge on any atom is -0.492 e. The van der Waals surface area contributed by atoms with Gasteiger partial charge >= 0.3 is 0 Å². The summed E-state index contributed by atoms with van der Waals surface area (Å²) in [6.07, 6.45) is 0. The largest absolute Gasteiger partial charge is 0.492 e. The molecule has 0 spiro atoms. The van der Waals surface area contributed by atoms with Crippen molar-refractivity contribution in [2.75, 3.05) is 13.2 Å². The van der Waals surface area contributed by atoms with Crippen molar-refractivity contribution in [1.82, 2.24) is 5.32 Å². The van der Waals surface area contributed by atoms with Crippen LogP contribution in [0.2, 0.25) is 0 Å². The number of ether oxygens (including phenoxy) is 1. The second kappa shape index (κ2) is 5.75. The van der Waals surface area contributed by atoms with E-state index in [9.17, 15) is 0 Å². The van der Waals surface area contributed by atoms with Crippen molar-refractivity contribution in [3.05, 3.63) is 50.1 Å². The summed E-state index contributed by atoms with van der Waals surface area (Å²) in [5.41, 5.74) is 2.72. The second-order valence-corrected chi connectivity index (χ2v) is 8.56. The fraction of sp³-hybridized carbons (Fsp3) is 0.412. The molecule has 1 aromatic carbocycles. The van der Waals surface area contributed by atoms with E-state index in [0.29, 0.717) is 0 Å². The van der Waals surface area contributed by atoms with Crippen LogP contribution < -0.4 is 10.1 Å². The Morgan fingerprint density at radius 3 is 2.81 bits per heavy atom. The number of benzene rings is 1. The Labute approximate surface area is 138 Å².